The van der Waals surface area contributed by atoms with E-state index in [4.69, 9.17) is 9.97 Å². The monoisotopic (exact) mass is 334 g/mol. The SMILES string of the molecule is CN1CCc2c(nc(-c3ccnn3C)nc2NCc2ccccc2)C1. The number of hydrogen-bond donors (Lipinski definition) is 1. The van der Waals surface area contributed by atoms with Crippen molar-refractivity contribution in [1.82, 2.24) is 24.6 Å². The lowest BCUT2D eigenvalue weighted by atomic mass is 10.1. The molecule has 6 heteroatoms. The molecular formula is C19H22N6. The zero-order chi connectivity index (χ0) is 17.2. The molecule has 1 aliphatic rings. The van der Waals surface area contributed by atoms with Gasteiger partial charge in [-0.2, -0.15) is 5.10 Å². The van der Waals surface area contributed by atoms with Gasteiger partial charge in [0, 0.05) is 38.4 Å². The first kappa shape index (κ1) is 15.8. The molecule has 1 aromatic carbocycles. The highest BCUT2D eigenvalue weighted by Gasteiger charge is 2.21. The molecule has 3 heterocycles. The predicted molar refractivity (Wildman–Crippen MR) is 98.0 cm³/mol. The molecule has 0 unspecified atom stereocenters. The molecule has 0 aliphatic carbocycles. The van der Waals surface area contributed by atoms with Gasteiger partial charge in [-0.25, -0.2) is 9.97 Å². The lowest BCUT2D eigenvalue weighted by molar-refractivity contribution is 0.307. The molecular weight excluding hydrogens is 312 g/mol. The van der Waals surface area contributed by atoms with Gasteiger partial charge < -0.3 is 10.2 Å². The molecule has 128 valence electrons. The van der Waals surface area contributed by atoms with Crippen molar-refractivity contribution in [2.75, 3.05) is 18.9 Å². The third-order valence-electron chi connectivity index (χ3n) is 4.61. The van der Waals surface area contributed by atoms with Crippen molar-refractivity contribution in [3.8, 4) is 11.5 Å². The summed E-state index contributed by atoms with van der Waals surface area (Å²) in [7, 11) is 4.05. The van der Waals surface area contributed by atoms with Gasteiger partial charge in [0.15, 0.2) is 5.82 Å². The van der Waals surface area contributed by atoms with Crippen LogP contribution in [0.4, 0.5) is 5.82 Å². The van der Waals surface area contributed by atoms with E-state index in [9.17, 15) is 0 Å². The van der Waals surface area contributed by atoms with Crippen molar-refractivity contribution in [2.45, 2.75) is 19.5 Å². The fourth-order valence-electron chi connectivity index (χ4n) is 3.20. The predicted octanol–water partition coefficient (Wildman–Crippen LogP) is 2.48. The number of benzene rings is 1. The van der Waals surface area contributed by atoms with E-state index in [1.165, 1.54) is 11.1 Å². The van der Waals surface area contributed by atoms with Crippen LogP contribution in [0.3, 0.4) is 0 Å². The summed E-state index contributed by atoms with van der Waals surface area (Å²) in [5.41, 5.74) is 4.51. The molecule has 1 N–H and O–H groups in total. The maximum absolute atomic E-state index is 4.83. The van der Waals surface area contributed by atoms with Crippen LogP contribution < -0.4 is 5.32 Å². The molecule has 3 aromatic rings. The second-order valence-electron chi connectivity index (χ2n) is 6.49. The third kappa shape index (κ3) is 3.25. The standard InChI is InChI=1S/C19H22N6/c1-24-11-9-15-16(13-24)22-19(17-8-10-21-25(17)2)23-18(15)20-12-14-6-4-3-5-7-14/h3-8,10H,9,11-13H2,1-2H3,(H,20,22,23). The van der Waals surface area contributed by atoms with E-state index in [1.807, 2.05) is 23.9 Å². The Morgan fingerprint density at radius 1 is 1.08 bits per heavy atom. The zero-order valence-electron chi connectivity index (χ0n) is 14.6. The van der Waals surface area contributed by atoms with Crippen LogP contribution in [-0.4, -0.2) is 38.2 Å². The van der Waals surface area contributed by atoms with E-state index in [0.717, 1.165) is 49.1 Å². The van der Waals surface area contributed by atoms with Gasteiger partial charge in [-0.05, 0) is 25.1 Å². The molecule has 0 atom stereocenters. The summed E-state index contributed by atoms with van der Waals surface area (Å²) in [6, 6.07) is 12.3. The molecule has 0 radical (unpaired) electrons. The number of hydrogen-bond acceptors (Lipinski definition) is 5. The van der Waals surface area contributed by atoms with Gasteiger partial charge in [0.05, 0.1) is 5.69 Å². The minimum atomic E-state index is 0.726. The average molecular weight is 334 g/mol. The number of nitrogens with zero attached hydrogens (tertiary/aromatic N) is 5. The van der Waals surface area contributed by atoms with Crippen molar-refractivity contribution in [2.24, 2.45) is 7.05 Å². The van der Waals surface area contributed by atoms with Crippen molar-refractivity contribution < 1.29 is 0 Å². The smallest absolute Gasteiger partial charge is 0.180 e. The van der Waals surface area contributed by atoms with Crippen molar-refractivity contribution in [1.29, 1.82) is 0 Å². The van der Waals surface area contributed by atoms with Crippen LogP contribution in [0.2, 0.25) is 0 Å². The molecule has 0 amide bonds. The van der Waals surface area contributed by atoms with E-state index in [2.05, 4.69) is 46.6 Å². The van der Waals surface area contributed by atoms with E-state index in [1.54, 1.807) is 6.20 Å². The number of fused-ring (bicyclic) bond motifs is 1. The van der Waals surface area contributed by atoms with Gasteiger partial charge >= 0.3 is 0 Å². The van der Waals surface area contributed by atoms with E-state index in [-0.39, 0.29) is 0 Å². The first-order valence-corrected chi connectivity index (χ1v) is 8.55. The fourth-order valence-corrected chi connectivity index (χ4v) is 3.20. The summed E-state index contributed by atoms with van der Waals surface area (Å²) >= 11 is 0. The van der Waals surface area contributed by atoms with Gasteiger partial charge in [0.2, 0.25) is 0 Å². The van der Waals surface area contributed by atoms with Crippen LogP contribution in [0.5, 0.6) is 0 Å². The average Bonchev–Trinajstić information content (AvgIpc) is 3.06. The summed E-state index contributed by atoms with van der Waals surface area (Å²) < 4.78 is 1.81. The van der Waals surface area contributed by atoms with E-state index in [0.29, 0.717) is 0 Å². The molecule has 0 fully saturated rings. The number of likely N-dealkylation sites (N-methyl/N-ethyl adjacent to an activating group) is 1. The van der Waals surface area contributed by atoms with Crippen LogP contribution in [0.1, 0.15) is 16.8 Å². The van der Waals surface area contributed by atoms with Gasteiger partial charge in [0.25, 0.3) is 0 Å². The quantitative estimate of drug-likeness (QED) is 0.794. The third-order valence-corrected chi connectivity index (χ3v) is 4.61. The minimum absolute atomic E-state index is 0.726. The largest absolute Gasteiger partial charge is 0.366 e. The molecule has 1 aliphatic heterocycles. The fraction of sp³-hybridized carbons (Fsp3) is 0.316. The molecule has 4 rings (SSSR count). The first-order valence-electron chi connectivity index (χ1n) is 8.55. The lowest BCUT2D eigenvalue weighted by Crippen LogP contribution is -2.29. The van der Waals surface area contributed by atoms with Crippen molar-refractivity contribution in [3.63, 3.8) is 0 Å². The van der Waals surface area contributed by atoms with Crippen LogP contribution in [0, 0.1) is 0 Å². The topological polar surface area (TPSA) is 58.9 Å². The Labute approximate surface area is 147 Å². The van der Waals surface area contributed by atoms with Crippen LogP contribution in [-0.2, 0) is 26.6 Å². The molecule has 2 aromatic heterocycles. The van der Waals surface area contributed by atoms with Gasteiger partial charge in [-0.1, -0.05) is 30.3 Å². The van der Waals surface area contributed by atoms with Crippen molar-refractivity contribution in [3.05, 3.63) is 59.4 Å². The molecule has 0 bridgehead atoms. The maximum Gasteiger partial charge on any atom is 0.180 e. The normalized spacial score (nSPS) is 14.3. The molecule has 0 saturated carbocycles. The Kier molecular flexibility index (Phi) is 4.19. The minimum Gasteiger partial charge on any atom is -0.366 e. The highest BCUT2D eigenvalue weighted by atomic mass is 15.3. The summed E-state index contributed by atoms with van der Waals surface area (Å²) in [5.74, 6) is 1.67. The van der Waals surface area contributed by atoms with Crippen LogP contribution in [0.25, 0.3) is 11.5 Å². The Morgan fingerprint density at radius 3 is 2.68 bits per heavy atom. The zero-order valence-corrected chi connectivity index (χ0v) is 14.6. The molecule has 25 heavy (non-hydrogen) atoms. The second-order valence-corrected chi connectivity index (χ2v) is 6.49. The summed E-state index contributed by atoms with van der Waals surface area (Å²) in [5, 5.41) is 7.78. The van der Waals surface area contributed by atoms with Crippen molar-refractivity contribution >= 4 is 5.82 Å². The Morgan fingerprint density at radius 2 is 1.92 bits per heavy atom. The molecule has 0 saturated heterocycles. The number of aromatic nitrogens is 4. The summed E-state index contributed by atoms with van der Waals surface area (Å²) in [6.07, 6.45) is 2.75. The maximum atomic E-state index is 4.83. The van der Waals surface area contributed by atoms with Crippen LogP contribution in [0.15, 0.2) is 42.6 Å². The first-order chi connectivity index (χ1) is 12.2. The Bertz CT molecular complexity index is 871. The summed E-state index contributed by atoms with van der Waals surface area (Å²) in [6.45, 7) is 2.63. The second kappa shape index (κ2) is 6.64. The van der Waals surface area contributed by atoms with Gasteiger partial charge in [-0.3, -0.25) is 4.68 Å². The summed E-state index contributed by atoms with van der Waals surface area (Å²) in [4.78, 5) is 12.0. The number of rotatable bonds is 4. The number of nitrogens with one attached hydrogen (secondary N) is 1. The van der Waals surface area contributed by atoms with Crippen LogP contribution >= 0.6 is 0 Å². The Hall–Kier alpha value is -2.73. The van der Waals surface area contributed by atoms with Gasteiger partial charge in [0.1, 0.15) is 11.5 Å². The van der Waals surface area contributed by atoms with E-state index >= 15 is 0 Å². The highest BCUT2D eigenvalue weighted by Crippen LogP contribution is 2.26. The number of aryl methyl sites for hydroxylation is 1. The number of anilines is 1. The molecule has 6 nitrogen and oxygen atoms in total. The van der Waals surface area contributed by atoms with E-state index < -0.39 is 0 Å². The van der Waals surface area contributed by atoms with Gasteiger partial charge in [-0.15, -0.1) is 0 Å². The highest BCUT2D eigenvalue weighted by molar-refractivity contribution is 5.57. The Balaban J connectivity index is 1.71. The lowest BCUT2D eigenvalue weighted by Gasteiger charge is -2.26. The molecule has 0 spiro atoms.